The van der Waals surface area contributed by atoms with Gasteiger partial charge in [0.25, 0.3) is 0 Å². The number of nitrogens with one attached hydrogen (secondary N) is 2. The number of amides is 1. The molecule has 33 heavy (non-hydrogen) atoms. The monoisotopic (exact) mass is 466 g/mol. The molecule has 0 spiro atoms. The van der Waals surface area contributed by atoms with Gasteiger partial charge in [-0.2, -0.15) is 0 Å². The summed E-state index contributed by atoms with van der Waals surface area (Å²) in [6, 6.07) is 21.9. The summed E-state index contributed by atoms with van der Waals surface area (Å²) >= 11 is 0. The van der Waals surface area contributed by atoms with E-state index in [9.17, 15) is 13.2 Å². The second kappa shape index (κ2) is 11.1. The zero-order valence-corrected chi connectivity index (χ0v) is 20.0. The van der Waals surface area contributed by atoms with E-state index in [2.05, 4.69) is 10.0 Å². The van der Waals surface area contributed by atoms with Crippen molar-refractivity contribution in [2.45, 2.75) is 38.1 Å². The standard InChI is InChI=1S/C26H30N2O4S/c1-4-32-23-13-11-22(12-14-23)26(21-8-6-5-7-9-21)28-25(29)16-17-27-33(30,31)24-15-10-19(2)20(3)18-24/h5-15,18,26-27H,4,16-17H2,1-3H3,(H,28,29). The topological polar surface area (TPSA) is 84.5 Å². The van der Waals surface area contributed by atoms with E-state index in [1.54, 1.807) is 18.2 Å². The SMILES string of the molecule is CCOc1ccc(C(NC(=O)CCNS(=O)(=O)c2ccc(C)c(C)c2)c2ccccc2)cc1. The van der Waals surface area contributed by atoms with Gasteiger partial charge in [0, 0.05) is 13.0 Å². The Balaban J connectivity index is 1.66. The fourth-order valence-electron chi connectivity index (χ4n) is 3.42. The maximum absolute atomic E-state index is 12.7. The van der Waals surface area contributed by atoms with Crippen LogP contribution < -0.4 is 14.8 Å². The molecule has 1 amide bonds. The Labute approximate surface area is 196 Å². The second-order valence-electron chi connectivity index (χ2n) is 7.81. The summed E-state index contributed by atoms with van der Waals surface area (Å²) in [7, 11) is -3.68. The molecule has 0 radical (unpaired) electrons. The molecule has 7 heteroatoms. The van der Waals surface area contributed by atoms with Crippen LogP contribution >= 0.6 is 0 Å². The minimum atomic E-state index is -3.68. The van der Waals surface area contributed by atoms with Crippen LogP contribution in [0.1, 0.15) is 41.6 Å². The molecule has 0 saturated heterocycles. The van der Waals surface area contributed by atoms with Crippen molar-refractivity contribution in [2.75, 3.05) is 13.2 Å². The van der Waals surface area contributed by atoms with Gasteiger partial charge in [-0.25, -0.2) is 13.1 Å². The Morgan fingerprint density at radius 3 is 2.21 bits per heavy atom. The Morgan fingerprint density at radius 2 is 1.58 bits per heavy atom. The van der Waals surface area contributed by atoms with Crippen LogP contribution in [-0.2, 0) is 14.8 Å². The maximum Gasteiger partial charge on any atom is 0.240 e. The average Bonchev–Trinajstić information content (AvgIpc) is 2.80. The van der Waals surface area contributed by atoms with Crippen molar-refractivity contribution in [3.05, 3.63) is 95.1 Å². The number of carbonyl (C=O) groups is 1. The Hall–Kier alpha value is -3.16. The summed E-state index contributed by atoms with van der Waals surface area (Å²) in [5.41, 5.74) is 3.77. The van der Waals surface area contributed by atoms with E-state index in [1.807, 2.05) is 75.4 Å². The van der Waals surface area contributed by atoms with Crippen LogP contribution in [0.4, 0.5) is 0 Å². The van der Waals surface area contributed by atoms with Crippen LogP contribution in [0.15, 0.2) is 77.7 Å². The fourth-order valence-corrected chi connectivity index (χ4v) is 4.54. The number of hydrogen-bond acceptors (Lipinski definition) is 4. The van der Waals surface area contributed by atoms with Crippen molar-refractivity contribution in [3.8, 4) is 5.75 Å². The van der Waals surface area contributed by atoms with Crippen molar-refractivity contribution in [3.63, 3.8) is 0 Å². The van der Waals surface area contributed by atoms with Gasteiger partial charge >= 0.3 is 0 Å². The fraction of sp³-hybridized carbons (Fsp3) is 0.269. The minimum absolute atomic E-state index is 0.00583. The molecule has 3 rings (SSSR count). The van der Waals surface area contributed by atoms with Gasteiger partial charge in [-0.3, -0.25) is 4.79 Å². The van der Waals surface area contributed by atoms with Gasteiger partial charge in [-0.1, -0.05) is 48.5 Å². The summed E-state index contributed by atoms with van der Waals surface area (Å²) in [6.07, 6.45) is 0.0183. The summed E-state index contributed by atoms with van der Waals surface area (Å²) in [4.78, 5) is 12.9. The molecular weight excluding hydrogens is 436 g/mol. The molecule has 0 aliphatic rings. The van der Waals surface area contributed by atoms with E-state index in [0.29, 0.717) is 6.61 Å². The second-order valence-corrected chi connectivity index (χ2v) is 9.57. The molecule has 0 bridgehead atoms. The quantitative estimate of drug-likeness (QED) is 0.467. The average molecular weight is 467 g/mol. The molecule has 2 N–H and O–H groups in total. The molecule has 6 nitrogen and oxygen atoms in total. The van der Waals surface area contributed by atoms with Gasteiger partial charge in [-0.15, -0.1) is 0 Å². The van der Waals surface area contributed by atoms with Crippen molar-refractivity contribution in [2.24, 2.45) is 0 Å². The van der Waals surface area contributed by atoms with E-state index in [4.69, 9.17) is 4.74 Å². The van der Waals surface area contributed by atoms with E-state index in [-0.39, 0.29) is 29.8 Å². The highest BCUT2D eigenvalue weighted by atomic mass is 32.2. The van der Waals surface area contributed by atoms with Crippen LogP contribution in [-0.4, -0.2) is 27.5 Å². The normalized spacial score (nSPS) is 12.2. The van der Waals surface area contributed by atoms with Gasteiger partial charge < -0.3 is 10.1 Å². The molecule has 0 aliphatic carbocycles. The zero-order valence-electron chi connectivity index (χ0n) is 19.2. The van der Waals surface area contributed by atoms with Gasteiger partial charge in [0.1, 0.15) is 5.75 Å². The highest BCUT2D eigenvalue weighted by Crippen LogP contribution is 2.24. The molecular formula is C26H30N2O4S. The third-order valence-corrected chi connectivity index (χ3v) is 6.85. The lowest BCUT2D eigenvalue weighted by Crippen LogP contribution is -2.33. The number of rotatable bonds is 10. The maximum atomic E-state index is 12.7. The highest BCUT2D eigenvalue weighted by molar-refractivity contribution is 7.89. The first kappa shape index (κ1) is 24.5. The number of hydrogen-bond donors (Lipinski definition) is 2. The third-order valence-electron chi connectivity index (χ3n) is 5.40. The van der Waals surface area contributed by atoms with Crippen LogP contribution in [0, 0.1) is 13.8 Å². The molecule has 3 aromatic rings. The third kappa shape index (κ3) is 6.66. The van der Waals surface area contributed by atoms with E-state index in [1.165, 1.54) is 0 Å². The predicted octanol–water partition coefficient (Wildman–Crippen LogP) is 4.28. The largest absolute Gasteiger partial charge is 0.494 e. The zero-order chi connectivity index (χ0) is 23.8. The van der Waals surface area contributed by atoms with Crippen molar-refractivity contribution in [1.82, 2.24) is 10.0 Å². The van der Waals surface area contributed by atoms with Crippen molar-refractivity contribution >= 4 is 15.9 Å². The van der Waals surface area contributed by atoms with Crippen molar-refractivity contribution < 1.29 is 17.9 Å². The molecule has 1 atom stereocenters. The predicted molar refractivity (Wildman–Crippen MR) is 130 cm³/mol. The number of ether oxygens (including phenoxy) is 1. The molecule has 0 saturated carbocycles. The molecule has 0 aliphatic heterocycles. The van der Waals surface area contributed by atoms with Crippen LogP contribution in [0.5, 0.6) is 5.75 Å². The number of carbonyl (C=O) groups excluding carboxylic acids is 1. The van der Waals surface area contributed by atoms with E-state index < -0.39 is 10.0 Å². The molecule has 174 valence electrons. The van der Waals surface area contributed by atoms with Crippen LogP contribution in [0.2, 0.25) is 0 Å². The van der Waals surface area contributed by atoms with E-state index >= 15 is 0 Å². The Kier molecular flexibility index (Phi) is 8.25. The number of sulfonamides is 1. The van der Waals surface area contributed by atoms with Gasteiger partial charge in [0.05, 0.1) is 17.5 Å². The van der Waals surface area contributed by atoms with Crippen LogP contribution in [0.25, 0.3) is 0 Å². The lowest BCUT2D eigenvalue weighted by atomic mass is 9.98. The van der Waals surface area contributed by atoms with Crippen molar-refractivity contribution in [1.29, 1.82) is 0 Å². The summed E-state index contributed by atoms with van der Waals surface area (Å²) < 4.78 is 33.2. The van der Waals surface area contributed by atoms with Gasteiger partial charge in [0.2, 0.25) is 15.9 Å². The first-order chi connectivity index (χ1) is 15.8. The first-order valence-electron chi connectivity index (χ1n) is 10.9. The molecule has 0 aromatic heterocycles. The molecule has 1 unspecified atom stereocenters. The lowest BCUT2D eigenvalue weighted by molar-refractivity contribution is -0.121. The van der Waals surface area contributed by atoms with Gasteiger partial charge in [-0.05, 0) is 67.3 Å². The number of aryl methyl sites for hydroxylation is 2. The summed E-state index contributed by atoms with van der Waals surface area (Å²) in [6.45, 7) is 6.31. The highest BCUT2D eigenvalue weighted by Gasteiger charge is 2.19. The van der Waals surface area contributed by atoms with Crippen LogP contribution in [0.3, 0.4) is 0 Å². The smallest absolute Gasteiger partial charge is 0.240 e. The summed E-state index contributed by atoms with van der Waals surface area (Å²) in [5, 5.41) is 3.03. The Morgan fingerprint density at radius 1 is 0.909 bits per heavy atom. The molecule has 3 aromatic carbocycles. The van der Waals surface area contributed by atoms with E-state index in [0.717, 1.165) is 28.0 Å². The number of benzene rings is 3. The molecule has 0 heterocycles. The lowest BCUT2D eigenvalue weighted by Gasteiger charge is -2.20. The van der Waals surface area contributed by atoms with Gasteiger partial charge in [0.15, 0.2) is 0 Å². The minimum Gasteiger partial charge on any atom is -0.494 e. The Bertz CT molecular complexity index is 1180. The molecule has 0 fully saturated rings. The summed E-state index contributed by atoms with van der Waals surface area (Å²) in [5.74, 6) is 0.515. The first-order valence-corrected chi connectivity index (χ1v) is 12.4.